The van der Waals surface area contributed by atoms with Crippen LogP contribution in [0.3, 0.4) is 0 Å². The molecule has 0 aliphatic carbocycles. The van der Waals surface area contributed by atoms with E-state index in [0.29, 0.717) is 0 Å². The summed E-state index contributed by atoms with van der Waals surface area (Å²) in [4.78, 5) is -0.240. The molecule has 1 aromatic carbocycles. The van der Waals surface area contributed by atoms with Gasteiger partial charge in [0.1, 0.15) is 10.7 Å². The number of nitrogens with zero attached hydrogens (tertiary/aromatic N) is 1. The van der Waals surface area contributed by atoms with Crippen molar-refractivity contribution in [1.82, 2.24) is 4.31 Å². The highest BCUT2D eigenvalue weighted by atomic mass is 35.5. The summed E-state index contributed by atoms with van der Waals surface area (Å²) in [7, 11) is -2.44. The number of anilines is 1. The normalized spacial score (nSPS) is 11.8. The van der Waals surface area contributed by atoms with Crippen LogP contribution < -0.4 is 5.73 Å². The smallest absolute Gasteiger partial charge is 0.244 e. The van der Waals surface area contributed by atoms with Crippen LogP contribution in [0.5, 0.6) is 0 Å². The van der Waals surface area contributed by atoms with Crippen LogP contribution in [0.2, 0.25) is 5.02 Å². The maximum atomic E-state index is 13.2. The van der Waals surface area contributed by atoms with Gasteiger partial charge >= 0.3 is 0 Å². The number of halogens is 2. The number of ether oxygens (including phenoxy) is 1. The van der Waals surface area contributed by atoms with Crippen LogP contribution in [0.25, 0.3) is 0 Å². The predicted molar refractivity (Wildman–Crippen MR) is 76.7 cm³/mol. The zero-order valence-electron chi connectivity index (χ0n) is 11.0. The van der Waals surface area contributed by atoms with Crippen LogP contribution in [-0.4, -0.2) is 39.5 Å². The number of hydrogen-bond acceptors (Lipinski definition) is 4. The van der Waals surface area contributed by atoms with E-state index in [1.165, 1.54) is 13.2 Å². The van der Waals surface area contributed by atoms with Gasteiger partial charge in [-0.15, -0.1) is 6.58 Å². The van der Waals surface area contributed by atoms with Crippen LogP contribution in [0.1, 0.15) is 0 Å². The molecule has 112 valence electrons. The van der Waals surface area contributed by atoms with Gasteiger partial charge in [-0.3, -0.25) is 0 Å². The monoisotopic (exact) mass is 322 g/mol. The summed E-state index contributed by atoms with van der Waals surface area (Å²) < 4.78 is 44.2. The van der Waals surface area contributed by atoms with E-state index in [-0.39, 0.29) is 35.3 Å². The maximum Gasteiger partial charge on any atom is 0.244 e. The van der Waals surface area contributed by atoms with Crippen LogP contribution in [-0.2, 0) is 14.8 Å². The first kappa shape index (κ1) is 16.9. The molecular formula is C12H16ClFN2O3S. The average Bonchev–Trinajstić information content (AvgIpc) is 2.38. The Morgan fingerprint density at radius 3 is 2.75 bits per heavy atom. The molecule has 0 saturated carbocycles. The number of nitrogens with two attached hydrogens (primary N) is 1. The first-order valence-electron chi connectivity index (χ1n) is 5.69. The molecular weight excluding hydrogens is 307 g/mol. The van der Waals surface area contributed by atoms with E-state index in [1.807, 2.05) is 0 Å². The van der Waals surface area contributed by atoms with E-state index in [4.69, 9.17) is 22.1 Å². The van der Waals surface area contributed by atoms with Gasteiger partial charge in [0, 0.05) is 20.2 Å². The molecule has 0 unspecified atom stereocenters. The number of nitrogen functional groups attached to an aromatic ring is 1. The molecule has 2 N–H and O–H groups in total. The zero-order chi connectivity index (χ0) is 15.3. The molecule has 0 fully saturated rings. The van der Waals surface area contributed by atoms with E-state index in [9.17, 15) is 12.8 Å². The van der Waals surface area contributed by atoms with Crippen molar-refractivity contribution < 1.29 is 17.5 Å². The van der Waals surface area contributed by atoms with Crippen LogP contribution in [0.4, 0.5) is 10.1 Å². The molecule has 0 aromatic heterocycles. The van der Waals surface area contributed by atoms with Crippen molar-refractivity contribution in [1.29, 1.82) is 0 Å². The third-order valence-corrected chi connectivity index (χ3v) is 4.88. The van der Waals surface area contributed by atoms with Gasteiger partial charge in [0.25, 0.3) is 0 Å². The Labute approximate surface area is 122 Å². The summed E-state index contributed by atoms with van der Waals surface area (Å²) in [6.45, 7) is 3.92. The predicted octanol–water partition coefficient (Wildman–Crippen LogP) is 1.88. The Morgan fingerprint density at radius 2 is 2.20 bits per heavy atom. The second kappa shape index (κ2) is 7.03. The SMILES string of the molecule is C=CCN(CCOC)S(=O)(=O)c1cc(N)c(F)cc1Cl. The van der Waals surface area contributed by atoms with E-state index in [1.54, 1.807) is 0 Å². The summed E-state index contributed by atoms with van der Waals surface area (Å²) in [5.74, 6) is -0.763. The first-order valence-corrected chi connectivity index (χ1v) is 7.51. The molecule has 0 atom stereocenters. The standard InChI is InChI=1S/C12H16ClFN2O3S/c1-3-4-16(5-6-19-2)20(17,18)12-8-11(15)10(14)7-9(12)13/h3,7-8H,1,4-6,15H2,2H3. The van der Waals surface area contributed by atoms with Gasteiger partial charge < -0.3 is 10.5 Å². The molecule has 1 aromatic rings. The molecule has 0 amide bonds. The summed E-state index contributed by atoms with van der Waals surface area (Å²) >= 11 is 5.81. The molecule has 5 nitrogen and oxygen atoms in total. The fourth-order valence-corrected chi connectivity index (χ4v) is 3.45. The minimum absolute atomic E-state index is 0.0826. The number of benzene rings is 1. The van der Waals surface area contributed by atoms with E-state index < -0.39 is 15.8 Å². The fourth-order valence-electron chi connectivity index (χ4n) is 1.53. The van der Waals surface area contributed by atoms with Gasteiger partial charge in [-0.05, 0) is 12.1 Å². The van der Waals surface area contributed by atoms with Gasteiger partial charge in [0.15, 0.2) is 0 Å². The Morgan fingerprint density at radius 1 is 1.55 bits per heavy atom. The Kier molecular flexibility index (Phi) is 5.94. The van der Waals surface area contributed by atoms with Gasteiger partial charge in [0.05, 0.1) is 17.3 Å². The Bertz CT molecular complexity index is 593. The number of rotatable bonds is 7. The quantitative estimate of drug-likeness (QED) is 0.614. The van der Waals surface area contributed by atoms with E-state index in [2.05, 4.69) is 6.58 Å². The topological polar surface area (TPSA) is 72.6 Å². The van der Waals surface area contributed by atoms with Crippen molar-refractivity contribution in [2.24, 2.45) is 0 Å². The summed E-state index contributed by atoms with van der Waals surface area (Å²) in [6, 6.07) is 1.89. The average molecular weight is 323 g/mol. The second-order valence-electron chi connectivity index (χ2n) is 3.95. The highest BCUT2D eigenvalue weighted by Gasteiger charge is 2.26. The van der Waals surface area contributed by atoms with Crippen LogP contribution >= 0.6 is 11.6 Å². The van der Waals surface area contributed by atoms with Crippen LogP contribution in [0, 0.1) is 5.82 Å². The highest BCUT2D eigenvalue weighted by Crippen LogP contribution is 2.28. The summed E-state index contributed by atoms with van der Waals surface area (Å²) in [5, 5.41) is -0.219. The lowest BCUT2D eigenvalue weighted by Crippen LogP contribution is -2.34. The van der Waals surface area contributed by atoms with Crippen molar-refractivity contribution in [3.05, 3.63) is 35.6 Å². The third-order valence-electron chi connectivity index (χ3n) is 2.55. The van der Waals surface area contributed by atoms with Crippen molar-refractivity contribution in [2.45, 2.75) is 4.90 Å². The van der Waals surface area contributed by atoms with Crippen molar-refractivity contribution >= 4 is 27.3 Å². The molecule has 20 heavy (non-hydrogen) atoms. The molecule has 8 heteroatoms. The van der Waals surface area contributed by atoms with Gasteiger partial charge in [0.2, 0.25) is 10.0 Å². The highest BCUT2D eigenvalue weighted by molar-refractivity contribution is 7.89. The molecule has 0 bridgehead atoms. The van der Waals surface area contributed by atoms with Crippen molar-refractivity contribution in [3.63, 3.8) is 0 Å². The molecule has 0 saturated heterocycles. The molecule has 0 aliphatic heterocycles. The number of methoxy groups -OCH3 is 1. The molecule has 0 aliphatic rings. The maximum absolute atomic E-state index is 13.2. The lowest BCUT2D eigenvalue weighted by atomic mass is 10.3. The van der Waals surface area contributed by atoms with Gasteiger partial charge in [-0.25, -0.2) is 12.8 Å². The van der Waals surface area contributed by atoms with Gasteiger partial charge in [-0.1, -0.05) is 17.7 Å². The lowest BCUT2D eigenvalue weighted by molar-refractivity contribution is 0.182. The fraction of sp³-hybridized carbons (Fsp3) is 0.333. The third kappa shape index (κ3) is 3.69. The molecule has 0 heterocycles. The summed E-state index contributed by atoms with van der Waals surface area (Å²) in [6.07, 6.45) is 1.44. The number of sulfonamides is 1. The Hall–Kier alpha value is -1.15. The minimum atomic E-state index is -3.90. The van der Waals surface area contributed by atoms with Gasteiger partial charge in [-0.2, -0.15) is 4.31 Å². The van der Waals surface area contributed by atoms with Crippen molar-refractivity contribution in [2.75, 3.05) is 32.5 Å². The summed E-state index contributed by atoms with van der Waals surface area (Å²) in [5.41, 5.74) is 5.12. The Balaban J connectivity index is 3.25. The minimum Gasteiger partial charge on any atom is -0.396 e. The molecule has 0 spiro atoms. The lowest BCUT2D eigenvalue weighted by Gasteiger charge is -2.21. The molecule has 0 radical (unpaired) electrons. The van der Waals surface area contributed by atoms with Crippen LogP contribution in [0.15, 0.2) is 29.7 Å². The number of hydrogen-bond donors (Lipinski definition) is 1. The largest absolute Gasteiger partial charge is 0.396 e. The molecule has 1 rings (SSSR count). The van der Waals surface area contributed by atoms with E-state index in [0.717, 1.165) is 16.4 Å². The van der Waals surface area contributed by atoms with Crippen molar-refractivity contribution in [3.8, 4) is 0 Å². The van der Waals surface area contributed by atoms with E-state index >= 15 is 0 Å². The second-order valence-corrected chi connectivity index (χ2v) is 6.26. The zero-order valence-corrected chi connectivity index (χ0v) is 12.5. The first-order chi connectivity index (χ1) is 9.34.